The van der Waals surface area contributed by atoms with E-state index in [2.05, 4.69) is 111 Å². The summed E-state index contributed by atoms with van der Waals surface area (Å²) in [5.74, 6) is -0.0468. The van der Waals surface area contributed by atoms with E-state index in [-0.39, 0.29) is 5.91 Å². The van der Waals surface area contributed by atoms with E-state index < -0.39 is 0 Å². The van der Waals surface area contributed by atoms with Gasteiger partial charge in [-0.3, -0.25) is 4.79 Å². The third kappa shape index (κ3) is 6.47. The third-order valence-electron chi connectivity index (χ3n) is 8.54. The Morgan fingerprint density at radius 1 is 0.974 bits per heavy atom. The van der Waals surface area contributed by atoms with Crippen LogP contribution in [-0.4, -0.2) is 50.1 Å². The fraction of sp³-hybridized carbons (Fsp3) is 0.441. The average Bonchev–Trinajstić information content (AvgIpc) is 2.90. The molecule has 1 fully saturated rings. The standard InChI is InChI=1S/C34H46N4O/c1-9-38(30-16-14-29(15-17-30)37(7)8)33-20-28(27-12-10-22(2)11-13-27)19-31(25(33)5)34(39)35-21-32-23(3)18-24(4)36-26(32)6/h10-13,18-20,29-30,36H,6,9,14-17,21H2,1-5,7-8H3,(H,35,39)/t29-,30-. The lowest BCUT2D eigenvalue weighted by molar-refractivity contribution is 0.0956. The van der Waals surface area contributed by atoms with Gasteiger partial charge in [0.1, 0.15) is 0 Å². The molecule has 0 atom stereocenters. The molecular weight excluding hydrogens is 480 g/mol. The number of hydrogen-bond acceptors (Lipinski definition) is 4. The zero-order chi connectivity index (χ0) is 28.3. The van der Waals surface area contributed by atoms with Gasteiger partial charge in [-0.25, -0.2) is 0 Å². The lowest BCUT2D eigenvalue weighted by Gasteiger charge is -2.40. The highest BCUT2D eigenvalue weighted by atomic mass is 16.1. The summed E-state index contributed by atoms with van der Waals surface area (Å²) in [6.45, 7) is 16.1. The monoisotopic (exact) mass is 526 g/mol. The SMILES string of the molecule is C=C1NC(C)=CC(C)=C1CNC(=O)c1cc(-c2ccc(C)cc2)cc(N(CC)[C@H]2CC[C@H](N(C)C)CC2)c1C. The number of benzene rings is 2. The molecule has 0 saturated heterocycles. The van der Waals surface area contributed by atoms with Gasteiger partial charge >= 0.3 is 0 Å². The number of carbonyl (C=O) groups excluding carboxylic acids is 1. The van der Waals surface area contributed by atoms with Gasteiger partial charge in [0.2, 0.25) is 0 Å². The maximum absolute atomic E-state index is 13.8. The minimum absolute atomic E-state index is 0.0468. The third-order valence-corrected chi connectivity index (χ3v) is 8.54. The zero-order valence-corrected chi connectivity index (χ0v) is 24.9. The second-order valence-corrected chi connectivity index (χ2v) is 11.5. The molecule has 0 bridgehead atoms. The van der Waals surface area contributed by atoms with Crippen LogP contribution >= 0.6 is 0 Å². The maximum atomic E-state index is 13.8. The summed E-state index contributed by atoms with van der Waals surface area (Å²) < 4.78 is 0. The van der Waals surface area contributed by atoms with Gasteiger partial charge in [-0.05, 0) is 120 Å². The van der Waals surface area contributed by atoms with E-state index in [4.69, 9.17) is 0 Å². The summed E-state index contributed by atoms with van der Waals surface area (Å²) in [5, 5.41) is 6.50. The van der Waals surface area contributed by atoms with Crippen molar-refractivity contribution in [2.24, 2.45) is 0 Å². The summed E-state index contributed by atoms with van der Waals surface area (Å²) in [4.78, 5) is 18.7. The van der Waals surface area contributed by atoms with E-state index in [1.54, 1.807) is 0 Å². The average molecular weight is 527 g/mol. The normalized spacial score (nSPS) is 19.6. The lowest BCUT2D eigenvalue weighted by Crippen LogP contribution is -2.42. The van der Waals surface area contributed by atoms with Crippen LogP contribution < -0.4 is 15.5 Å². The van der Waals surface area contributed by atoms with Gasteiger partial charge in [0.05, 0.1) is 0 Å². The predicted octanol–water partition coefficient (Wildman–Crippen LogP) is 6.74. The summed E-state index contributed by atoms with van der Waals surface area (Å²) in [6, 6.07) is 14.1. The van der Waals surface area contributed by atoms with Crippen molar-refractivity contribution < 1.29 is 4.79 Å². The first kappa shape index (κ1) is 28.7. The lowest BCUT2D eigenvalue weighted by atomic mass is 9.88. The first-order valence-electron chi connectivity index (χ1n) is 14.4. The first-order valence-corrected chi connectivity index (χ1v) is 14.4. The quantitative estimate of drug-likeness (QED) is 0.400. The molecule has 4 rings (SSSR count). The predicted molar refractivity (Wildman–Crippen MR) is 165 cm³/mol. The highest BCUT2D eigenvalue weighted by Gasteiger charge is 2.28. The molecule has 5 nitrogen and oxygen atoms in total. The van der Waals surface area contributed by atoms with E-state index in [0.717, 1.165) is 51.3 Å². The molecule has 2 aliphatic rings. The van der Waals surface area contributed by atoms with Crippen LogP contribution in [0.2, 0.25) is 0 Å². The molecule has 1 amide bonds. The fourth-order valence-electron chi connectivity index (χ4n) is 6.17. The second kappa shape index (κ2) is 12.3. The number of nitrogens with one attached hydrogen (secondary N) is 2. The minimum atomic E-state index is -0.0468. The number of allylic oxidation sites excluding steroid dienone is 3. The van der Waals surface area contributed by atoms with Crippen molar-refractivity contribution in [3.05, 3.63) is 88.3 Å². The van der Waals surface area contributed by atoms with Gasteiger partial charge in [0.25, 0.3) is 5.91 Å². The number of hydrogen-bond donors (Lipinski definition) is 2. The number of anilines is 1. The summed E-state index contributed by atoms with van der Waals surface area (Å²) in [5.41, 5.74) is 10.5. The molecule has 1 heterocycles. The molecule has 0 spiro atoms. The Morgan fingerprint density at radius 3 is 2.21 bits per heavy atom. The first-order chi connectivity index (χ1) is 18.6. The largest absolute Gasteiger partial charge is 0.369 e. The van der Waals surface area contributed by atoms with Crippen molar-refractivity contribution in [1.29, 1.82) is 0 Å². The zero-order valence-electron chi connectivity index (χ0n) is 24.9. The van der Waals surface area contributed by atoms with Crippen LogP contribution in [0.3, 0.4) is 0 Å². The van der Waals surface area contributed by atoms with Gasteiger partial charge in [0, 0.05) is 47.8 Å². The topological polar surface area (TPSA) is 47.6 Å². The van der Waals surface area contributed by atoms with Gasteiger partial charge in [-0.1, -0.05) is 36.4 Å². The van der Waals surface area contributed by atoms with Crippen LogP contribution in [0.15, 0.2) is 71.6 Å². The Balaban J connectivity index is 1.68. The second-order valence-electron chi connectivity index (χ2n) is 11.5. The van der Waals surface area contributed by atoms with Crippen LogP contribution in [0.1, 0.15) is 67.9 Å². The van der Waals surface area contributed by atoms with E-state index in [1.807, 2.05) is 6.92 Å². The molecule has 208 valence electrons. The smallest absolute Gasteiger partial charge is 0.251 e. The summed E-state index contributed by atoms with van der Waals surface area (Å²) in [6.07, 6.45) is 6.85. The Morgan fingerprint density at radius 2 is 1.62 bits per heavy atom. The van der Waals surface area contributed by atoms with Crippen molar-refractivity contribution in [3.63, 3.8) is 0 Å². The van der Waals surface area contributed by atoms with Crippen molar-refractivity contribution in [2.75, 3.05) is 32.1 Å². The molecule has 39 heavy (non-hydrogen) atoms. The fourth-order valence-corrected chi connectivity index (χ4v) is 6.17. The molecule has 2 N–H and O–H groups in total. The maximum Gasteiger partial charge on any atom is 0.251 e. The van der Waals surface area contributed by atoms with Crippen LogP contribution in [-0.2, 0) is 0 Å². The number of amides is 1. The van der Waals surface area contributed by atoms with E-state index in [9.17, 15) is 4.79 Å². The van der Waals surface area contributed by atoms with E-state index >= 15 is 0 Å². The summed E-state index contributed by atoms with van der Waals surface area (Å²) in [7, 11) is 4.38. The summed E-state index contributed by atoms with van der Waals surface area (Å²) >= 11 is 0. The van der Waals surface area contributed by atoms with Gasteiger partial charge in [0.15, 0.2) is 0 Å². The molecule has 1 saturated carbocycles. The van der Waals surface area contributed by atoms with Crippen LogP contribution in [0, 0.1) is 13.8 Å². The van der Waals surface area contributed by atoms with Crippen molar-refractivity contribution in [1.82, 2.24) is 15.5 Å². The Kier molecular flexibility index (Phi) is 9.01. The molecule has 1 aliphatic heterocycles. The highest BCUT2D eigenvalue weighted by molar-refractivity contribution is 5.99. The molecule has 0 aromatic heterocycles. The van der Waals surface area contributed by atoms with E-state index in [1.165, 1.54) is 36.9 Å². The molecular formula is C34H46N4O. The highest BCUT2D eigenvalue weighted by Crippen LogP contribution is 2.36. The van der Waals surface area contributed by atoms with Crippen molar-refractivity contribution in [2.45, 2.75) is 72.4 Å². The molecule has 2 aromatic carbocycles. The molecule has 0 unspecified atom stereocenters. The Hall–Kier alpha value is -3.31. The van der Waals surface area contributed by atoms with Crippen molar-refractivity contribution >= 4 is 11.6 Å². The van der Waals surface area contributed by atoms with Gasteiger partial charge in [-0.2, -0.15) is 0 Å². The molecule has 1 aliphatic carbocycles. The van der Waals surface area contributed by atoms with Gasteiger partial charge < -0.3 is 20.4 Å². The van der Waals surface area contributed by atoms with E-state index in [0.29, 0.717) is 18.6 Å². The number of nitrogens with zero attached hydrogens (tertiary/aromatic N) is 2. The van der Waals surface area contributed by atoms with Crippen LogP contribution in [0.4, 0.5) is 5.69 Å². The Labute approximate surface area is 235 Å². The van der Waals surface area contributed by atoms with Crippen molar-refractivity contribution in [3.8, 4) is 11.1 Å². The van der Waals surface area contributed by atoms with Gasteiger partial charge in [-0.15, -0.1) is 0 Å². The number of rotatable bonds is 8. The molecule has 0 radical (unpaired) electrons. The molecule has 2 aromatic rings. The number of carbonyl (C=O) groups is 1. The minimum Gasteiger partial charge on any atom is -0.369 e. The number of dihydropyridines is 1. The number of aryl methyl sites for hydroxylation is 1. The van der Waals surface area contributed by atoms with Crippen LogP contribution in [0.25, 0.3) is 11.1 Å². The molecule has 5 heteroatoms. The Bertz CT molecular complexity index is 1280. The van der Waals surface area contributed by atoms with Crippen LogP contribution in [0.5, 0.6) is 0 Å².